The number of anilines is 1. The molecule has 5 heteroatoms. The molecule has 0 bridgehead atoms. The minimum Gasteiger partial charge on any atom is -0.381 e. The van der Waals surface area contributed by atoms with Crippen molar-refractivity contribution in [3.63, 3.8) is 0 Å². The Hall–Kier alpha value is -3.21. The number of aromatic nitrogens is 1. The number of aryl methyl sites for hydroxylation is 1. The zero-order valence-corrected chi connectivity index (χ0v) is 15.0. The smallest absolute Gasteiger partial charge is 0.269 e. The fourth-order valence-corrected chi connectivity index (χ4v) is 2.70. The van der Waals surface area contributed by atoms with Gasteiger partial charge in [-0.3, -0.25) is 9.78 Å². The molecular formula is C22H22FN3O. The molecule has 4 nitrogen and oxygen atoms in total. The summed E-state index contributed by atoms with van der Waals surface area (Å²) >= 11 is 0. The quantitative estimate of drug-likeness (QED) is 0.590. The Morgan fingerprint density at radius 1 is 0.963 bits per heavy atom. The molecule has 2 aromatic carbocycles. The van der Waals surface area contributed by atoms with Crippen LogP contribution in [0.1, 0.15) is 28.0 Å². The number of amides is 1. The van der Waals surface area contributed by atoms with Gasteiger partial charge in [-0.1, -0.05) is 42.5 Å². The third-order valence-corrected chi connectivity index (χ3v) is 4.17. The van der Waals surface area contributed by atoms with Crippen LogP contribution in [0.4, 0.5) is 10.1 Å². The van der Waals surface area contributed by atoms with Crippen LogP contribution in [0.15, 0.2) is 72.9 Å². The predicted octanol–water partition coefficient (Wildman–Crippen LogP) is 4.20. The Kier molecular flexibility index (Phi) is 6.52. The third-order valence-electron chi connectivity index (χ3n) is 4.17. The molecule has 0 fully saturated rings. The number of carbonyl (C=O) groups excluding carboxylic acids is 1. The molecule has 0 saturated heterocycles. The topological polar surface area (TPSA) is 54.0 Å². The zero-order valence-electron chi connectivity index (χ0n) is 15.0. The number of rotatable bonds is 8. The van der Waals surface area contributed by atoms with Crippen molar-refractivity contribution in [1.82, 2.24) is 10.3 Å². The monoisotopic (exact) mass is 363 g/mol. The Bertz CT molecular complexity index is 866. The second-order valence-electron chi connectivity index (χ2n) is 6.25. The minimum absolute atomic E-state index is 0.187. The van der Waals surface area contributed by atoms with Gasteiger partial charge in [0.2, 0.25) is 0 Å². The number of benzene rings is 2. The molecule has 1 amide bonds. The van der Waals surface area contributed by atoms with Gasteiger partial charge in [0.05, 0.1) is 0 Å². The summed E-state index contributed by atoms with van der Waals surface area (Å²) in [5.41, 5.74) is 3.39. The molecule has 1 heterocycles. The fourth-order valence-electron chi connectivity index (χ4n) is 2.70. The van der Waals surface area contributed by atoms with Crippen molar-refractivity contribution in [1.29, 1.82) is 0 Å². The van der Waals surface area contributed by atoms with Gasteiger partial charge < -0.3 is 10.6 Å². The summed E-state index contributed by atoms with van der Waals surface area (Å²) in [4.78, 5) is 16.4. The van der Waals surface area contributed by atoms with E-state index in [0.29, 0.717) is 18.8 Å². The average Bonchev–Trinajstić information content (AvgIpc) is 2.71. The maximum absolute atomic E-state index is 12.9. The van der Waals surface area contributed by atoms with Crippen LogP contribution < -0.4 is 10.6 Å². The molecule has 0 aliphatic carbocycles. The van der Waals surface area contributed by atoms with Crippen LogP contribution in [0.3, 0.4) is 0 Å². The molecule has 27 heavy (non-hydrogen) atoms. The molecule has 3 rings (SSSR count). The second kappa shape index (κ2) is 9.48. The Morgan fingerprint density at radius 3 is 2.52 bits per heavy atom. The van der Waals surface area contributed by atoms with E-state index in [1.54, 1.807) is 30.5 Å². The number of carbonyl (C=O) groups is 1. The van der Waals surface area contributed by atoms with Gasteiger partial charge in [0.1, 0.15) is 11.5 Å². The first-order valence-corrected chi connectivity index (χ1v) is 8.97. The number of nitrogens with one attached hydrogen (secondary N) is 2. The molecule has 0 atom stereocenters. The molecular weight excluding hydrogens is 341 g/mol. The Labute approximate surface area is 158 Å². The standard InChI is InChI=1S/C22H22FN3O/c23-19-10-8-18(9-11-19)16-26-20-12-14-24-21(15-20)22(27)25-13-4-7-17-5-2-1-3-6-17/h1-3,5-6,8-12,14-15H,4,7,13,16H2,(H,24,26)(H,25,27). The lowest BCUT2D eigenvalue weighted by Gasteiger charge is -2.09. The molecule has 0 saturated carbocycles. The maximum atomic E-state index is 12.9. The average molecular weight is 363 g/mol. The Morgan fingerprint density at radius 2 is 1.74 bits per heavy atom. The largest absolute Gasteiger partial charge is 0.381 e. The lowest BCUT2D eigenvalue weighted by Crippen LogP contribution is -2.25. The maximum Gasteiger partial charge on any atom is 0.269 e. The number of hydrogen-bond acceptors (Lipinski definition) is 3. The van der Waals surface area contributed by atoms with Gasteiger partial charge in [0, 0.05) is 25.0 Å². The lowest BCUT2D eigenvalue weighted by atomic mass is 10.1. The van der Waals surface area contributed by atoms with Gasteiger partial charge in [-0.15, -0.1) is 0 Å². The van der Waals surface area contributed by atoms with E-state index in [0.717, 1.165) is 24.1 Å². The van der Waals surface area contributed by atoms with E-state index >= 15 is 0 Å². The summed E-state index contributed by atoms with van der Waals surface area (Å²) < 4.78 is 12.9. The summed E-state index contributed by atoms with van der Waals surface area (Å²) in [6.07, 6.45) is 3.40. The normalized spacial score (nSPS) is 10.4. The van der Waals surface area contributed by atoms with E-state index in [4.69, 9.17) is 0 Å². The SMILES string of the molecule is O=C(NCCCc1ccccc1)c1cc(NCc2ccc(F)cc2)ccn1. The van der Waals surface area contributed by atoms with E-state index < -0.39 is 0 Å². The van der Waals surface area contributed by atoms with Gasteiger partial charge in [-0.05, 0) is 48.2 Å². The highest BCUT2D eigenvalue weighted by atomic mass is 19.1. The molecule has 0 unspecified atom stereocenters. The van der Waals surface area contributed by atoms with Crippen LogP contribution in [-0.4, -0.2) is 17.4 Å². The summed E-state index contributed by atoms with van der Waals surface area (Å²) in [5.74, 6) is -0.442. The first-order valence-electron chi connectivity index (χ1n) is 8.97. The van der Waals surface area contributed by atoms with Crippen LogP contribution >= 0.6 is 0 Å². The highest BCUT2D eigenvalue weighted by Crippen LogP contribution is 2.11. The van der Waals surface area contributed by atoms with Crippen molar-refractivity contribution in [3.8, 4) is 0 Å². The summed E-state index contributed by atoms with van der Waals surface area (Å²) in [6.45, 7) is 1.14. The highest BCUT2D eigenvalue weighted by molar-refractivity contribution is 5.93. The van der Waals surface area contributed by atoms with Crippen LogP contribution in [0.5, 0.6) is 0 Å². The van der Waals surface area contributed by atoms with Gasteiger partial charge in [-0.2, -0.15) is 0 Å². The van der Waals surface area contributed by atoms with E-state index in [1.165, 1.54) is 17.7 Å². The molecule has 0 aliphatic heterocycles. The highest BCUT2D eigenvalue weighted by Gasteiger charge is 2.07. The van der Waals surface area contributed by atoms with E-state index in [1.807, 2.05) is 18.2 Å². The van der Waals surface area contributed by atoms with Gasteiger partial charge in [0.15, 0.2) is 0 Å². The molecule has 3 aromatic rings. The summed E-state index contributed by atoms with van der Waals surface area (Å²) in [5, 5.41) is 6.13. The fraction of sp³-hybridized carbons (Fsp3) is 0.182. The molecule has 1 aromatic heterocycles. The molecule has 0 radical (unpaired) electrons. The van der Waals surface area contributed by atoms with Gasteiger partial charge in [0.25, 0.3) is 5.91 Å². The third kappa shape index (κ3) is 5.92. The first-order chi connectivity index (χ1) is 13.2. The van der Waals surface area contributed by atoms with E-state index in [9.17, 15) is 9.18 Å². The van der Waals surface area contributed by atoms with Crippen molar-refractivity contribution in [2.24, 2.45) is 0 Å². The van der Waals surface area contributed by atoms with Crippen molar-refractivity contribution in [2.45, 2.75) is 19.4 Å². The van der Waals surface area contributed by atoms with Gasteiger partial charge in [-0.25, -0.2) is 4.39 Å². The van der Waals surface area contributed by atoms with Crippen molar-refractivity contribution in [2.75, 3.05) is 11.9 Å². The van der Waals surface area contributed by atoms with Crippen LogP contribution in [0, 0.1) is 5.82 Å². The predicted molar refractivity (Wildman–Crippen MR) is 105 cm³/mol. The van der Waals surface area contributed by atoms with Crippen molar-refractivity contribution in [3.05, 3.63) is 95.6 Å². The van der Waals surface area contributed by atoms with E-state index in [2.05, 4.69) is 27.8 Å². The molecule has 0 spiro atoms. The molecule has 0 aliphatic rings. The number of hydrogen-bond donors (Lipinski definition) is 2. The summed E-state index contributed by atoms with van der Waals surface area (Å²) in [7, 11) is 0. The number of pyridine rings is 1. The van der Waals surface area contributed by atoms with E-state index in [-0.39, 0.29) is 11.7 Å². The molecule has 138 valence electrons. The van der Waals surface area contributed by atoms with Gasteiger partial charge >= 0.3 is 0 Å². The van der Waals surface area contributed by atoms with Crippen LogP contribution in [-0.2, 0) is 13.0 Å². The Balaban J connectivity index is 1.47. The number of nitrogens with zero attached hydrogens (tertiary/aromatic N) is 1. The first kappa shape index (κ1) is 18.6. The summed E-state index contributed by atoms with van der Waals surface area (Å²) in [6, 6.07) is 20.0. The second-order valence-corrected chi connectivity index (χ2v) is 6.25. The zero-order chi connectivity index (χ0) is 18.9. The van der Waals surface area contributed by atoms with Crippen LogP contribution in [0.25, 0.3) is 0 Å². The van der Waals surface area contributed by atoms with Crippen molar-refractivity contribution < 1.29 is 9.18 Å². The van der Waals surface area contributed by atoms with Crippen LogP contribution in [0.2, 0.25) is 0 Å². The lowest BCUT2D eigenvalue weighted by molar-refractivity contribution is 0.0948. The molecule has 2 N–H and O–H groups in total. The van der Waals surface area contributed by atoms with Crippen molar-refractivity contribution >= 4 is 11.6 Å². The minimum atomic E-state index is -0.256. The number of halogens is 1.